The van der Waals surface area contributed by atoms with Crippen LogP contribution in [0.3, 0.4) is 0 Å². The highest BCUT2D eigenvalue weighted by atomic mass is 16.2. The van der Waals surface area contributed by atoms with Crippen LogP contribution in [0.25, 0.3) is 0 Å². The van der Waals surface area contributed by atoms with Crippen molar-refractivity contribution in [2.24, 2.45) is 5.92 Å². The maximum Gasteiger partial charge on any atom is 0.325 e. The number of amides is 4. The molecule has 1 saturated heterocycles. The Bertz CT molecular complexity index is 424. The van der Waals surface area contributed by atoms with Gasteiger partial charge in [-0.1, -0.05) is 26.7 Å². The minimum atomic E-state index is -0.777. The lowest BCUT2D eigenvalue weighted by atomic mass is 9.73. The fourth-order valence-corrected chi connectivity index (χ4v) is 3.10. The van der Waals surface area contributed by atoms with Gasteiger partial charge in [-0.05, 0) is 25.2 Å². The minimum Gasteiger partial charge on any atom is -0.355 e. The molecule has 4 amide bonds. The molecular weight excluding hydrogens is 258 g/mol. The Balaban J connectivity index is 2.07. The van der Waals surface area contributed by atoms with Crippen molar-refractivity contribution in [3.8, 4) is 0 Å². The van der Waals surface area contributed by atoms with Gasteiger partial charge in [0, 0.05) is 6.54 Å². The van der Waals surface area contributed by atoms with Crippen molar-refractivity contribution in [2.45, 2.75) is 51.5 Å². The van der Waals surface area contributed by atoms with E-state index in [0.29, 0.717) is 13.0 Å². The van der Waals surface area contributed by atoms with Crippen molar-refractivity contribution in [3.05, 3.63) is 0 Å². The molecule has 1 aliphatic heterocycles. The second-order valence-electron chi connectivity index (χ2n) is 5.79. The Hall–Kier alpha value is -1.59. The normalized spacial score (nSPS) is 29.7. The molecule has 112 valence electrons. The van der Waals surface area contributed by atoms with Crippen molar-refractivity contribution in [3.63, 3.8) is 0 Å². The standard InChI is InChI=1S/C14H23N3O3/c1-3-8-15-11(18)9-17-12(19)14(16-13(17)20)7-5-4-6-10(14)2/h10H,3-9H2,1-2H3,(H,15,18)(H,16,20)/t10-,14+/m1/s1. The van der Waals surface area contributed by atoms with Gasteiger partial charge in [-0.25, -0.2) is 4.79 Å². The fraction of sp³-hybridized carbons (Fsp3) is 0.786. The van der Waals surface area contributed by atoms with Crippen LogP contribution in [0.5, 0.6) is 0 Å². The van der Waals surface area contributed by atoms with E-state index >= 15 is 0 Å². The number of imide groups is 1. The quantitative estimate of drug-likeness (QED) is 0.755. The summed E-state index contributed by atoms with van der Waals surface area (Å²) in [5.41, 5.74) is -0.777. The van der Waals surface area contributed by atoms with Crippen molar-refractivity contribution in [1.82, 2.24) is 15.5 Å². The number of carbonyl (C=O) groups excluding carboxylic acids is 3. The molecule has 2 atom stereocenters. The third kappa shape index (κ3) is 2.51. The predicted molar refractivity (Wildman–Crippen MR) is 73.9 cm³/mol. The molecule has 1 aliphatic carbocycles. The Labute approximate surface area is 119 Å². The highest BCUT2D eigenvalue weighted by molar-refractivity contribution is 6.09. The largest absolute Gasteiger partial charge is 0.355 e. The van der Waals surface area contributed by atoms with E-state index in [4.69, 9.17) is 0 Å². The monoisotopic (exact) mass is 281 g/mol. The van der Waals surface area contributed by atoms with Crippen molar-refractivity contribution >= 4 is 17.8 Å². The van der Waals surface area contributed by atoms with Crippen LogP contribution in [0, 0.1) is 5.92 Å². The lowest BCUT2D eigenvalue weighted by Crippen LogP contribution is -2.54. The highest BCUT2D eigenvalue weighted by Gasteiger charge is 2.55. The number of hydrogen-bond acceptors (Lipinski definition) is 3. The highest BCUT2D eigenvalue weighted by Crippen LogP contribution is 2.37. The molecule has 2 aliphatic rings. The van der Waals surface area contributed by atoms with Gasteiger partial charge in [-0.2, -0.15) is 0 Å². The Morgan fingerprint density at radius 1 is 1.45 bits per heavy atom. The molecule has 1 heterocycles. The summed E-state index contributed by atoms with van der Waals surface area (Å²) < 4.78 is 0. The Morgan fingerprint density at radius 2 is 2.20 bits per heavy atom. The van der Waals surface area contributed by atoms with E-state index in [0.717, 1.165) is 30.6 Å². The zero-order valence-electron chi connectivity index (χ0n) is 12.2. The molecule has 1 spiro atoms. The smallest absolute Gasteiger partial charge is 0.325 e. The summed E-state index contributed by atoms with van der Waals surface area (Å²) in [4.78, 5) is 37.4. The molecule has 2 N–H and O–H groups in total. The molecule has 0 aromatic carbocycles. The molecular formula is C14H23N3O3. The van der Waals surface area contributed by atoms with Crippen molar-refractivity contribution in [1.29, 1.82) is 0 Å². The average Bonchev–Trinajstić information content (AvgIpc) is 2.65. The molecule has 6 nitrogen and oxygen atoms in total. The number of rotatable bonds is 4. The topological polar surface area (TPSA) is 78.5 Å². The number of carbonyl (C=O) groups is 3. The molecule has 2 fully saturated rings. The molecule has 0 radical (unpaired) electrons. The van der Waals surface area contributed by atoms with Crippen LogP contribution < -0.4 is 10.6 Å². The van der Waals surface area contributed by atoms with Gasteiger partial charge in [-0.15, -0.1) is 0 Å². The SMILES string of the molecule is CCCNC(=O)CN1C(=O)N[C@]2(CCCC[C@H]2C)C1=O. The van der Waals surface area contributed by atoms with Crippen molar-refractivity contribution in [2.75, 3.05) is 13.1 Å². The van der Waals surface area contributed by atoms with Gasteiger partial charge >= 0.3 is 6.03 Å². The molecule has 0 aromatic rings. The summed E-state index contributed by atoms with van der Waals surface area (Å²) in [6, 6.07) is -0.435. The number of nitrogens with one attached hydrogen (secondary N) is 2. The van der Waals surface area contributed by atoms with E-state index in [1.54, 1.807) is 0 Å². The average molecular weight is 281 g/mol. The van der Waals surface area contributed by atoms with Gasteiger partial charge in [-0.3, -0.25) is 14.5 Å². The summed E-state index contributed by atoms with van der Waals surface area (Å²) in [7, 11) is 0. The van der Waals surface area contributed by atoms with Crippen LogP contribution in [0.2, 0.25) is 0 Å². The molecule has 0 bridgehead atoms. The van der Waals surface area contributed by atoms with Crippen LogP contribution in [0.4, 0.5) is 4.79 Å². The lowest BCUT2D eigenvalue weighted by Gasteiger charge is -2.36. The van der Waals surface area contributed by atoms with Gasteiger partial charge in [0.05, 0.1) is 0 Å². The van der Waals surface area contributed by atoms with E-state index in [2.05, 4.69) is 10.6 Å². The molecule has 20 heavy (non-hydrogen) atoms. The number of urea groups is 1. The Morgan fingerprint density at radius 3 is 2.85 bits per heavy atom. The fourth-order valence-electron chi connectivity index (χ4n) is 3.10. The molecule has 0 aromatic heterocycles. The van der Waals surface area contributed by atoms with Gasteiger partial charge < -0.3 is 10.6 Å². The Kier molecular flexibility index (Phi) is 4.30. The zero-order valence-corrected chi connectivity index (χ0v) is 12.2. The van der Waals surface area contributed by atoms with E-state index in [-0.39, 0.29) is 24.3 Å². The lowest BCUT2D eigenvalue weighted by molar-refractivity contribution is -0.137. The third-order valence-corrected chi connectivity index (χ3v) is 4.38. The summed E-state index contributed by atoms with van der Waals surface area (Å²) >= 11 is 0. The molecule has 1 saturated carbocycles. The zero-order chi connectivity index (χ0) is 14.8. The first-order valence-corrected chi connectivity index (χ1v) is 7.42. The maximum atomic E-state index is 12.6. The maximum absolute atomic E-state index is 12.6. The van der Waals surface area contributed by atoms with Gasteiger partial charge in [0.2, 0.25) is 5.91 Å². The minimum absolute atomic E-state index is 0.122. The van der Waals surface area contributed by atoms with Gasteiger partial charge in [0.1, 0.15) is 12.1 Å². The predicted octanol–water partition coefficient (Wildman–Crippen LogP) is 1.01. The van der Waals surface area contributed by atoms with E-state index < -0.39 is 11.6 Å². The van der Waals surface area contributed by atoms with Crippen LogP contribution >= 0.6 is 0 Å². The first kappa shape index (κ1) is 14.8. The second-order valence-corrected chi connectivity index (χ2v) is 5.79. The number of nitrogens with zero attached hydrogens (tertiary/aromatic N) is 1. The van der Waals surface area contributed by atoms with Crippen molar-refractivity contribution < 1.29 is 14.4 Å². The summed E-state index contributed by atoms with van der Waals surface area (Å²) in [6.07, 6.45) is 4.45. The summed E-state index contributed by atoms with van der Waals surface area (Å²) in [5.74, 6) is -0.395. The summed E-state index contributed by atoms with van der Waals surface area (Å²) in [6.45, 7) is 4.33. The molecule has 0 unspecified atom stereocenters. The third-order valence-electron chi connectivity index (χ3n) is 4.38. The second kappa shape index (κ2) is 5.81. The van der Waals surface area contributed by atoms with E-state index in [1.165, 1.54) is 0 Å². The van der Waals surface area contributed by atoms with Gasteiger partial charge in [0.15, 0.2) is 0 Å². The first-order valence-electron chi connectivity index (χ1n) is 7.42. The van der Waals surface area contributed by atoms with Crippen LogP contribution in [-0.2, 0) is 9.59 Å². The first-order chi connectivity index (χ1) is 9.51. The molecule has 6 heteroatoms. The van der Waals surface area contributed by atoms with E-state index in [1.807, 2.05) is 13.8 Å². The number of hydrogen-bond donors (Lipinski definition) is 2. The van der Waals surface area contributed by atoms with Crippen LogP contribution in [0.15, 0.2) is 0 Å². The van der Waals surface area contributed by atoms with Gasteiger partial charge in [0.25, 0.3) is 5.91 Å². The summed E-state index contributed by atoms with van der Waals surface area (Å²) in [5, 5.41) is 5.53. The van der Waals surface area contributed by atoms with E-state index in [9.17, 15) is 14.4 Å². The molecule has 2 rings (SSSR count). The van der Waals surface area contributed by atoms with Crippen LogP contribution in [0.1, 0.15) is 46.0 Å². The van der Waals surface area contributed by atoms with Crippen LogP contribution in [-0.4, -0.2) is 41.4 Å².